The van der Waals surface area contributed by atoms with Gasteiger partial charge >= 0.3 is 0 Å². The van der Waals surface area contributed by atoms with Gasteiger partial charge < -0.3 is 20.7 Å². The second kappa shape index (κ2) is 11.9. The Morgan fingerprint density at radius 2 is 1.72 bits per heavy atom. The Morgan fingerprint density at radius 3 is 2.44 bits per heavy atom. The highest BCUT2D eigenvalue weighted by Gasteiger charge is 2.12. The van der Waals surface area contributed by atoms with Gasteiger partial charge in [-0.05, 0) is 67.9 Å². The van der Waals surface area contributed by atoms with Gasteiger partial charge in [0.05, 0.1) is 11.7 Å². The van der Waals surface area contributed by atoms with E-state index < -0.39 is 21.5 Å². The van der Waals surface area contributed by atoms with Gasteiger partial charge in [-0.25, -0.2) is 18.4 Å². The fraction of sp³-hybridized carbons (Fsp3) is 0.222. The molecule has 0 fully saturated rings. The number of nitrogens with zero attached hydrogens (tertiary/aromatic N) is 3. The zero-order valence-corrected chi connectivity index (χ0v) is 22.5. The molecule has 0 atom stereocenters. The molecule has 0 unspecified atom stereocenters. The predicted octanol–water partition coefficient (Wildman–Crippen LogP) is 3.67. The number of amides is 2. The number of ether oxygens (including phenoxy) is 1. The number of rotatable bonds is 10. The van der Waals surface area contributed by atoms with Gasteiger partial charge in [-0.3, -0.25) is 14.6 Å². The van der Waals surface area contributed by atoms with Gasteiger partial charge in [0.1, 0.15) is 29.4 Å². The Hall–Kier alpha value is -4.58. The predicted molar refractivity (Wildman–Crippen MR) is 149 cm³/mol. The van der Waals surface area contributed by atoms with Crippen LogP contribution in [0.5, 0.6) is 11.5 Å². The first kappa shape index (κ1) is 27.5. The lowest BCUT2D eigenvalue weighted by atomic mass is 10.1. The second-order valence-electron chi connectivity index (χ2n) is 9.02. The number of anilines is 3. The van der Waals surface area contributed by atoms with Crippen molar-refractivity contribution in [1.29, 1.82) is 0 Å². The van der Waals surface area contributed by atoms with Crippen molar-refractivity contribution in [2.45, 2.75) is 20.3 Å². The number of fused-ring (bicyclic) bond motifs is 1. The van der Waals surface area contributed by atoms with Crippen LogP contribution in [0.2, 0.25) is 0 Å². The minimum Gasteiger partial charge on any atom is -0.455 e. The average Bonchev–Trinajstić information content (AvgIpc) is 2.86. The molecule has 0 saturated heterocycles. The van der Waals surface area contributed by atoms with Gasteiger partial charge in [-0.2, -0.15) is 0 Å². The quantitative estimate of drug-likeness (QED) is 0.269. The van der Waals surface area contributed by atoms with E-state index in [0.717, 1.165) is 23.2 Å². The van der Waals surface area contributed by atoms with Crippen LogP contribution in [0, 0.1) is 13.8 Å². The van der Waals surface area contributed by atoms with E-state index in [0.29, 0.717) is 33.9 Å². The number of aryl methyl sites for hydroxylation is 2. The number of hydrogen-bond donors (Lipinski definition) is 3. The summed E-state index contributed by atoms with van der Waals surface area (Å²) in [6.07, 6.45) is 4.09. The van der Waals surface area contributed by atoms with Gasteiger partial charge in [0.25, 0.3) is 0 Å². The van der Waals surface area contributed by atoms with E-state index in [4.69, 9.17) is 4.74 Å². The van der Waals surface area contributed by atoms with E-state index in [-0.39, 0.29) is 18.9 Å². The first-order valence-electron chi connectivity index (χ1n) is 12.0. The number of pyridine rings is 1. The van der Waals surface area contributed by atoms with Crippen molar-refractivity contribution < 1.29 is 22.7 Å². The summed E-state index contributed by atoms with van der Waals surface area (Å²) in [6.45, 7) is 3.87. The zero-order valence-electron chi connectivity index (χ0n) is 21.7. The molecule has 4 rings (SSSR count). The number of benzene rings is 2. The first-order valence-corrected chi connectivity index (χ1v) is 14.1. The lowest BCUT2D eigenvalue weighted by Gasteiger charge is -2.13. The van der Waals surface area contributed by atoms with Crippen molar-refractivity contribution in [3.63, 3.8) is 0 Å². The molecule has 3 N–H and O–H groups in total. The number of carbonyl (C=O) groups is 2. The molecule has 12 heteroatoms. The maximum Gasteiger partial charge on any atom is 0.235 e. The standard InChI is InChI=1S/C27H28N6O5S/c1-17-12-19(6-9-24(17)38-21-7-4-18(2)29-14-21)33-27-22-13-20(5-8-23(22)30-16-31-27)32-25(34)10-11-28-26(35)15-39(3,36)37/h4-9,12-14,16H,10-11,15H2,1-3H3,(H,28,35)(H,32,34)(H,30,31,33). The van der Waals surface area contributed by atoms with Crippen molar-refractivity contribution in [2.75, 3.05) is 29.2 Å². The van der Waals surface area contributed by atoms with E-state index in [9.17, 15) is 18.0 Å². The maximum absolute atomic E-state index is 12.4. The molecule has 2 amide bonds. The summed E-state index contributed by atoms with van der Waals surface area (Å²) in [6, 6.07) is 14.7. The van der Waals surface area contributed by atoms with Gasteiger partial charge in [0.2, 0.25) is 11.8 Å². The van der Waals surface area contributed by atoms with E-state index in [1.807, 2.05) is 44.2 Å². The van der Waals surface area contributed by atoms with Crippen LogP contribution in [-0.2, 0) is 19.4 Å². The van der Waals surface area contributed by atoms with E-state index >= 15 is 0 Å². The Labute approximate surface area is 226 Å². The molecule has 0 radical (unpaired) electrons. The van der Waals surface area contributed by atoms with E-state index in [1.165, 1.54) is 6.33 Å². The van der Waals surface area contributed by atoms with Crippen LogP contribution in [0.3, 0.4) is 0 Å². The molecular formula is C27H28N6O5S. The monoisotopic (exact) mass is 548 g/mol. The highest BCUT2D eigenvalue weighted by atomic mass is 32.2. The topological polar surface area (TPSA) is 152 Å². The number of nitrogens with one attached hydrogen (secondary N) is 3. The SMILES string of the molecule is Cc1ccc(Oc2ccc(Nc3ncnc4ccc(NC(=O)CCNC(=O)CS(C)(=O)=O)cc34)cc2C)cn1. The van der Waals surface area contributed by atoms with Gasteiger partial charge in [0, 0.05) is 41.7 Å². The van der Waals surface area contributed by atoms with Crippen molar-refractivity contribution >= 4 is 49.7 Å². The Kier molecular flexibility index (Phi) is 8.35. The summed E-state index contributed by atoms with van der Waals surface area (Å²) in [5.74, 6) is 0.309. The molecule has 0 aliphatic heterocycles. The fourth-order valence-corrected chi connectivity index (χ4v) is 4.26. The third kappa shape index (κ3) is 7.95. The molecule has 39 heavy (non-hydrogen) atoms. The molecule has 0 saturated carbocycles. The lowest BCUT2D eigenvalue weighted by molar-refractivity contribution is -0.119. The van der Waals surface area contributed by atoms with Crippen LogP contribution in [0.1, 0.15) is 17.7 Å². The minimum absolute atomic E-state index is 0.0170. The first-order chi connectivity index (χ1) is 18.6. The highest BCUT2D eigenvalue weighted by molar-refractivity contribution is 7.91. The third-order valence-electron chi connectivity index (χ3n) is 5.54. The Morgan fingerprint density at radius 1 is 0.923 bits per heavy atom. The van der Waals surface area contributed by atoms with Crippen LogP contribution < -0.4 is 20.7 Å². The summed E-state index contributed by atoms with van der Waals surface area (Å²) in [5.41, 5.74) is 3.83. The molecule has 11 nitrogen and oxygen atoms in total. The van der Waals surface area contributed by atoms with Crippen molar-refractivity contribution in [3.8, 4) is 11.5 Å². The maximum atomic E-state index is 12.4. The largest absolute Gasteiger partial charge is 0.455 e. The zero-order chi connectivity index (χ0) is 28.0. The summed E-state index contributed by atoms with van der Waals surface area (Å²) in [4.78, 5) is 36.9. The molecule has 0 aliphatic rings. The molecule has 0 bridgehead atoms. The molecular weight excluding hydrogens is 520 g/mol. The van der Waals surface area contributed by atoms with Crippen LogP contribution in [-0.4, -0.2) is 53.7 Å². The summed E-state index contributed by atoms with van der Waals surface area (Å²) in [5, 5.41) is 9.20. The van der Waals surface area contributed by atoms with Gasteiger partial charge in [-0.15, -0.1) is 0 Å². The van der Waals surface area contributed by atoms with E-state index in [1.54, 1.807) is 24.4 Å². The van der Waals surface area contributed by atoms with E-state index in [2.05, 4.69) is 30.9 Å². The number of sulfone groups is 1. The molecule has 2 heterocycles. The minimum atomic E-state index is -3.43. The lowest BCUT2D eigenvalue weighted by Crippen LogP contribution is -2.32. The normalized spacial score (nSPS) is 11.2. The summed E-state index contributed by atoms with van der Waals surface area (Å²) >= 11 is 0. The van der Waals surface area contributed by atoms with Crippen LogP contribution in [0.4, 0.5) is 17.2 Å². The molecule has 0 aliphatic carbocycles. The third-order valence-corrected chi connectivity index (χ3v) is 6.32. The molecule has 2 aromatic carbocycles. The summed E-state index contributed by atoms with van der Waals surface area (Å²) < 4.78 is 28.3. The Balaban J connectivity index is 1.42. The Bertz CT molecular complexity index is 1620. The van der Waals surface area contributed by atoms with Crippen LogP contribution >= 0.6 is 0 Å². The second-order valence-corrected chi connectivity index (χ2v) is 11.2. The molecule has 202 valence electrons. The van der Waals surface area contributed by atoms with Gasteiger partial charge in [-0.1, -0.05) is 0 Å². The smallest absolute Gasteiger partial charge is 0.235 e. The number of carbonyl (C=O) groups excluding carboxylic acids is 2. The highest BCUT2D eigenvalue weighted by Crippen LogP contribution is 2.30. The number of hydrogen-bond acceptors (Lipinski definition) is 9. The molecule has 2 aromatic heterocycles. The van der Waals surface area contributed by atoms with Crippen LogP contribution in [0.15, 0.2) is 61.1 Å². The van der Waals surface area contributed by atoms with Crippen LogP contribution in [0.25, 0.3) is 10.9 Å². The number of aromatic nitrogens is 3. The molecule has 0 spiro atoms. The summed E-state index contributed by atoms with van der Waals surface area (Å²) in [7, 11) is -3.43. The van der Waals surface area contributed by atoms with Crippen molar-refractivity contribution in [3.05, 3.63) is 72.3 Å². The fourth-order valence-electron chi connectivity index (χ4n) is 3.68. The average molecular weight is 549 g/mol. The van der Waals surface area contributed by atoms with Crippen molar-refractivity contribution in [1.82, 2.24) is 20.3 Å². The van der Waals surface area contributed by atoms with Gasteiger partial charge in [0.15, 0.2) is 9.84 Å². The van der Waals surface area contributed by atoms with Crippen molar-refractivity contribution in [2.24, 2.45) is 0 Å². The molecule has 4 aromatic rings.